The number of hydrogen-bond donors (Lipinski definition) is 1. The SMILES string of the molecule is CCc1c(Cl)cccc1C(N)=S. The third-order valence-electron chi connectivity index (χ3n) is 1.74. The van der Waals surface area contributed by atoms with Gasteiger partial charge in [0.1, 0.15) is 4.99 Å². The summed E-state index contributed by atoms with van der Waals surface area (Å²) < 4.78 is 0. The fourth-order valence-electron chi connectivity index (χ4n) is 1.15. The van der Waals surface area contributed by atoms with Gasteiger partial charge in [0.2, 0.25) is 0 Å². The first-order valence-corrected chi connectivity index (χ1v) is 4.52. The predicted molar refractivity (Wildman–Crippen MR) is 56.7 cm³/mol. The Morgan fingerprint density at radius 1 is 1.58 bits per heavy atom. The lowest BCUT2D eigenvalue weighted by atomic mass is 10.1. The number of rotatable bonds is 2. The van der Waals surface area contributed by atoms with Gasteiger partial charge in [-0.3, -0.25) is 0 Å². The molecular formula is C9H10ClNS. The molecule has 0 aliphatic rings. The fraction of sp³-hybridized carbons (Fsp3) is 0.222. The molecule has 2 N–H and O–H groups in total. The Kier molecular flexibility index (Phi) is 3.06. The van der Waals surface area contributed by atoms with Gasteiger partial charge in [-0.15, -0.1) is 0 Å². The molecule has 0 aliphatic carbocycles. The van der Waals surface area contributed by atoms with Gasteiger partial charge in [0.25, 0.3) is 0 Å². The Morgan fingerprint density at radius 3 is 2.67 bits per heavy atom. The average Bonchev–Trinajstić information content (AvgIpc) is 2.03. The van der Waals surface area contributed by atoms with Crippen molar-refractivity contribution in [2.24, 2.45) is 5.73 Å². The van der Waals surface area contributed by atoms with Crippen LogP contribution >= 0.6 is 23.8 Å². The van der Waals surface area contributed by atoms with Crippen LogP contribution in [-0.4, -0.2) is 4.99 Å². The van der Waals surface area contributed by atoms with Gasteiger partial charge in [0.05, 0.1) is 0 Å². The highest BCUT2D eigenvalue weighted by Crippen LogP contribution is 2.20. The third-order valence-corrected chi connectivity index (χ3v) is 2.31. The fourth-order valence-corrected chi connectivity index (χ4v) is 1.65. The number of thiocarbonyl (C=S) groups is 1. The minimum absolute atomic E-state index is 0.411. The molecule has 1 nitrogen and oxygen atoms in total. The van der Waals surface area contributed by atoms with Crippen LogP contribution < -0.4 is 5.73 Å². The van der Waals surface area contributed by atoms with Gasteiger partial charge < -0.3 is 5.73 Å². The largest absolute Gasteiger partial charge is 0.389 e. The monoisotopic (exact) mass is 199 g/mol. The van der Waals surface area contributed by atoms with Gasteiger partial charge >= 0.3 is 0 Å². The number of nitrogens with two attached hydrogens (primary N) is 1. The van der Waals surface area contributed by atoms with E-state index in [2.05, 4.69) is 0 Å². The molecule has 0 saturated carbocycles. The zero-order chi connectivity index (χ0) is 9.14. The molecule has 0 heterocycles. The van der Waals surface area contributed by atoms with Crippen LogP contribution in [0.4, 0.5) is 0 Å². The van der Waals surface area contributed by atoms with E-state index in [1.807, 2.05) is 25.1 Å². The van der Waals surface area contributed by atoms with Crippen molar-refractivity contribution in [1.29, 1.82) is 0 Å². The van der Waals surface area contributed by atoms with Crippen LogP contribution in [0, 0.1) is 0 Å². The average molecular weight is 200 g/mol. The summed E-state index contributed by atoms with van der Waals surface area (Å²) in [6.45, 7) is 2.03. The predicted octanol–water partition coefficient (Wildman–Crippen LogP) is 2.54. The van der Waals surface area contributed by atoms with Gasteiger partial charge in [-0.25, -0.2) is 0 Å². The van der Waals surface area contributed by atoms with Crippen LogP contribution in [0.3, 0.4) is 0 Å². The van der Waals surface area contributed by atoms with Crippen molar-refractivity contribution in [3.8, 4) is 0 Å². The van der Waals surface area contributed by atoms with Gasteiger partial charge in [0.15, 0.2) is 0 Å². The molecule has 0 amide bonds. The summed E-state index contributed by atoms with van der Waals surface area (Å²) >= 11 is 10.9. The lowest BCUT2D eigenvalue weighted by Crippen LogP contribution is -2.12. The van der Waals surface area contributed by atoms with Crippen LogP contribution in [-0.2, 0) is 6.42 Å². The van der Waals surface area contributed by atoms with Gasteiger partial charge in [-0.05, 0) is 18.1 Å². The molecule has 0 radical (unpaired) electrons. The van der Waals surface area contributed by atoms with Crippen LogP contribution in [0.2, 0.25) is 5.02 Å². The molecular weight excluding hydrogens is 190 g/mol. The van der Waals surface area contributed by atoms with E-state index in [1.165, 1.54) is 0 Å². The molecule has 3 heteroatoms. The van der Waals surface area contributed by atoms with Crippen molar-refractivity contribution < 1.29 is 0 Å². The van der Waals surface area contributed by atoms with Gasteiger partial charge in [0, 0.05) is 10.6 Å². The topological polar surface area (TPSA) is 26.0 Å². The van der Waals surface area contributed by atoms with E-state index in [0.717, 1.165) is 22.6 Å². The minimum Gasteiger partial charge on any atom is -0.389 e. The minimum atomic E-state index is 0.411. The molecule has 0 saturated heterocycles. The number of hydrogen-bond acceptors (Lipinski definition) is 1. The van der Waals surface area contributed by atoms with Crippen molar-refractivity contribution in [3.05, 3.63) is 34.3 Å². The summed E-state index contributed by atoms with van der Waals surface area (Å²) in [6.07, 6.45) is 0.854. The van der Waals surface area contributed by atoms with E-state index in [9.17, 15) is 0 Å². The molecule has 1 rings (SSSR count). The third kappa shape index (κ3) is 1.76. The first-order chi connectivity index (χ1) is 5.66. The Hall–Kier alpha value is -0.600. The van der Waals surface area contributed by atoms with E-state index in [0.29, 0.717) is 4.99 Å². The van der Waals surface area contributed by atoms with Crippen molar-refractivity contribution in [1.82, 2.24) is 0 Å². The smallest absolute Gasteiger partial charge is 0.104 e. The van der Waals surface area contributed by atoms with Gasteiger partial charge in [-0.2, -0.15) is 0 Å². The highest BCUT2D eigenvalue weighted by atomic mass is 35.5. The molecule has 0 fully saturated rings. The van der Waals surface area contributed by atoms with Crippen molar-refractivity contribution in [2.45, 2.75) is 13.3 Å². The molecule has 0 atom stereocenters. The Balaban J connectivity index is 3.27. The second kappa shape index (κ2) is 3.87. The highest BCUT2D eigenvalue weighted by Gasteiger charge is 2.05. The number of halogens is 1. The highest BCUT2D eigenvalue weighted by molar-refractivity contribution is 7.80. The van der Waals surface area contributed by atoms with E-state index in [1.54, 1.807) is 0 Å². The molecule has 0 bridgehead atoms. The molecule has 1 aromatic carbocycles. The quantitative estimate of drug-likeness (QED) is 0.741. The van der Waals surface area contributed by atoms with Crippen LogP contribution in [0.15, 0.2) is 18.2 Å². The summed E-state index contributed by atoms with van der Waals surface area (Å²) in [6, 6.07) is 5.60. The molecule has 0 unspecified atom stereocenters. The first-order valence-electron chi connectivity index (χ1n) is 3.74. The molecule has 0 aliphatic heterocycles. The normalized spacial score (nSPS) is 9.83. The summed E-state index contributed by atoms with van der Waals surface area (Å²) in [4.78, 5) is 0.411. The van der Waals surface area contributed by atoms with Crippen molar-refractivity contribution in [2.75, 3.05) is 0 Å². The van der Waals surface area contributed by atoms with E-state index in [-0.39, 0.29) is 0 Å². The lowest BCUT2D eigenvalue weighted by molar-refractivity contribution is 1.13. The summed E-state index contributed by atoms with van der Waals surface area (Å²) in [7, 11) is 0. The maximum Gasteiger partial charge on any atom is 0.104 e. The molecule has 0 aromatic heterocycles. The van der Waals surface area contributed by atoms with E-state index in [4.69, 9.17) is 29.6 Å². The van der Waals surface area contributed by atoms with Gasteiger partial charge in [-0.1, -0.05) is 42.9 Å². The second-order valence-electron chi connectivity index (χ2n) is 2.48. The van der Waals surface area contributed by atoms with E-state index >= 15 is 0 Å². The first kappa shape index (κ1) is 9.49. The van der Waals surface area contributed by atoms with Crippen molar-refractivity contribution in [3.63, 3.8) is 0 Å². The zero-order valence-electron chi connectivity index (χ0n) is 6.80. The van der Waals surface area contributed by atoms with Crippen molar-refractivity contribution >= 4 is 28.8 Å². The molecule has 1 aromatic rings. The summed E-state index contributed by atoms with van der Waals surface area (Å²) in [5, 5.41) is 0.739. The summed E-state index contributed by atoms with van der Waals surface area (Å²) in [5.41, 5.74) is 7.45. The molecule has 0 spiro atoms. The Morgan fingerprint density at radius 2 is 2.25 bits per heavy atom. The maximum absolute atomic E-state index is 5.96. The zero-order valence-corrected chi connectivity index (χ0v) is 8.38. The lowest BCUT2D eigenvalue weighted by Gasteiger charge is -2.06. The van der Waals surface area contributed by atoms with Crippen LogP contribution in [0.1, 0.15) is 18.1 Å². The Labute approximate surface area is 82.5 Å². The van der Waals surface area contributed by atoms with Crippen LogP contribution in [0.5, 0.6) is 0 Å². The Bertz CT molecular complexity index is 309. The summed E-state index contributed by atoms with van der Waals surface area (Å²) in [5.74, 6) is 0. The standard InChI is InChI=1S/C9H10ClNS/c1-2-6-7(9(11)12)4-3-5-8(6)10/h3-5H,2H2,1H3,(H2,11,12). The number of benzene rings is 1. The molecule has 12 heavy (non-hydrogen) atoms. The van der Waals surface area contributed by atoms with Crippen LogP contribution in [0.25, 0.3) is 0 Å². The van der Waals surface area contributed by atoms with E-state index < -0.39 is 0 Å². The second-order valence-corrected chi connectivity index (χ2v) is 3.33. The molecule has 64 valence electrons. The maximum atomic E-state index is 5.96.